The van der Waals surface area contributed by atoms with Gasteiger partial charge in [-0.25, -0.2) is 0 Å². The van der Waals surface area contributed by atoms with Crippen LogP contribution in [0.2, 0.25) is 0 Å². The predicted molar refractivity (Wildman–Crippen MR) is 32.2 cm³/mol. The minimum absolute atomic E-state index is 1.05. The largest absolute Gasteiger partial charge is 0.0651 e. The van der Waals surface area contributed by atoms with Crippen LogP contribution in [0, 0.1) is 11.8 Å². The molecule has 0 aromatic rings. The Morgan fingerprint density at radius 2 is 2.14 bits per heavy atom. The lowest BCUT2D eigenvalue weighted by molar-refractivity contribution is 0.190. The Morgan fingerprint density at radius 1 is 1.43 bits per heavy atom. The van der Waals surface area contributed by atoms with Crippen molar-refractivity contribution in [3.8, 4) is 0 Å². The second kappa shape index (κ2) is 1.85. The lowest BCUT2D eigenvalue weighted by atomic mass is 9.74. The molecule has 2 atom stereocenters. The van der Waals surface area contributed by atoms with Gasteiger partial charge in [0.25, 0.3) is 0 Å². The number of hydrogen-bond donors (Lipinski definition) is 0. The van der Waals surface area contributed by atoms with E-state index in [1.54, 1.807) is 0 Å². The molecular formula is C7H14. The van der Waals surface area contributed by atoms with Gasteiger partial charge in [0.15, 0.2) is 0 Å². The summed E-state index contributed by atoms with van der Waals surface area (Å²) in [6.45, 7) is 4.65. The van der Waals surface area contributed by atoms with Crippen LogP contribution in [-0.4, -0.2) is 0 Å². The van der Waals surface area contributed by atoms with Gasteiger partial charge in [-0.15, -0.1) is 0 Å². The molecule has 0 aromatic heterocycles. The lowest BCUT2D eigenvalue weighted by Gasteiger charge is -2.32. The van der Waals surface area contributed by atoms with Crippen molar-refractivity contribution < 1.29 is 0 Å². The Balaban J connectivity index is 2.16. The zero-order valence-corrected chi connectivity index (χ0v) is 5.28. The van der Waals surface area contributed by atoms with E-state index in [9.17, 15) is 0 Å². The molecule has 0 radical (unpaired) electrons. The summed E-state index contributed by atoms with van der Waals surface area (Å²) in [5.74, 6) is 2.13. The van der Waals surface area contributed by atoms with Crippen molar-refractivity contribution in [2.75, 3.05) is 0 Å². The molecule has 42 valence electrons. The van der Waals surface area contributed by atoms with Gasteiger partial charge in [0, 0.05) is 0 Å². The summed E-state index contributed by atoms with van der Waals surface area (Å²) in [6.07, 6.45) is 4.39. The lowest BCUT2D eigenvalue weighted by Crippen LogP contribution is -2.21. The normalized spacial score (nSPS) is 40.3. The maximum absolute atomic E-state index is 2.36. The topological polar surface area (TPSA) is 0 Å². The Labute approximate surface area is 45.9 Å². The highest BCUT2D eigenvalue weighted by Gasteiger charge is 2.23. The highest BCUT2D eigenvalue weighted by molar-refractivity contribution is 4.75. The molecule has 0 bridgehead atoms. The minimum Gasteiger partial charge on any atom is -0.0651 e. The second-order valence-corrected chi connectivity index (χ2v) is 2.72. The molecule has 1 saturated carbocycles. The van der Waals surface area contributed by atoms with Crippen LogP contribution >= 0.6 is 0 Å². The fourth-order valence-electron chi connectivity index (χ4n) is 1.34. The molecule has 0 saturated heterocycles. The van der Waals surface area contributed by atoms with Gasteiger partial charge >= 0.3 is 0 Å². The van der Waals surface area contributed by atoms with E-state index in [1.165, 1.54) is 19.3 Å². The third-order valence-electron chi connectivity index (χ3n) is 2.32. The molecule has 0 amide bonds. The van der Waals surface area contributed by atoms with Crippen molar-refractivity contribution in [3.05, 3.63) is 0 Å². The molecule has 1 aliphatic carbocycles. The first-order valence-corrected chi connectivity index (χ1v) is 3.34. The molecule has 1 aliphatic rings. The molecule has 0 heterocycles. The van der Waals surface area contributed by atoms with Gasteiger partial charge < -0.3 is 0 Å². The van der Waals surface area contributed by atoms with Crippen LogP contribution in [0.25, 0.3) is 0 Å². The first kappa shape index (κ1) is 5.14. The molecule has 1 fully saturated rings. The average Bonchev–Trinajstić information content (AvgIpc) is 1.65. The Morgan fingerprint density at radius 3 is 2.14 bits per heavy atom. The molecule has 1 rings (SSSR count). The van der Waals surface area contributed by atoms with Crippen molar-refractivity contribution >= 4 is 0 Å². The van der Waals surface area contributed by atoms with Crippen LogP contribution in [-0.2, 0) is 0 Å². The van der Waals surface area contributed by atoms with Crippen molar-refractivity contribution in [1.29, 1.82) is 0 Å². The first-order chi connectivity index (χ1) is 3.34. The van der Waals surface area contributed by atoms with E-state index in [0.717, 1.165) is 11.8 Å². The summed E-state index contributed by atoms with van der Waals surface area (Å²) in [5, 5.41) is 0. The monoisotopic (exact) mass is 98.1 g/mol. The van der Waals surface area contributed by atoms with Gasteiger partial charge in [-0.05, 0) is 18.3 Å². The zero-order valence-electron chi connectivity index (χ0n) is 5.28. The molecule has 0 spiro atoms. The predicted octanol–water partition coefficient (Wildman–Crippen LogP) is 2.44. The summed E-state index contributed by atoms with van der Waals surface area (Å²) in [5.41, 5.74) is 0. The summed E-state index contributed by atoms with van der Waals surface area (Å²) in [7, 11) is 0. The summed E-state index contributed by atoms with van der Waals surface area (Å²) in [4.78, 5) is 0. The van der Waals surface area contributed by atoms with E-state index in [0.29, 0.717) is 0 Å². The summed E-state index contributed by atoms with van der Waals surface area (Å²) in [6, 6.07) is 0. The van der Waals surface area contributed by atoms with E-state index in [2.05, 4.69) is 13.8 Å². The maximum Gasteiger partial charge on any atom is -0.0391 e. The molecular weight excluding hydrogens is 84.1 g/mol. The first-order valence-electron chi connectivity index (χ1n) is 3.34. The van der Waals surface area contributed by atoms with Gasteiger partial charge in [-0.1, -0.05) is 26.7 Å². The van der Waals surface area contributed by atoms with Crippen LogP contribution in [0.5, 0.6) is 0 Å². The molecule has 0 N–H and O–H groups in total. The summed E-state index contributed by atoms with van der Waals surface area (Å²) >= 11 is 0. The molecule has 0 unspecified atom stereocenters. The molecule has 0 aromatic carbocycles. The third kappa shape index (κ3) is 0.793. The smallest absolute Gasteiger partial charge is 0.0391 e. The quantitative estimate of drug-likeness (QED) is 0.472. The van der Waals surface area contributed by atoms with Crippen molar-refractivity contribution in [2.45, 2.75) is 33.1 Å². The molecule has 7 heavy (non-hydrogen) atoms. The van der Waals surface area contributed by atoms with Gasteiger partial charge in [-0.3, -0.25) is 0 Å². The van der Waals surface area contributed by atoms with Crippen LogP contribution < -0.4 is 0 Å². The highest BCUT2D eigenvalue weighted by Crippen LogP contribution is 2.35. The zero-order chi connectivity index (χ0) is 5.28. The standard InChI is InChI=1S/C7H14/c1-3-7-5-4-6(7)2/h6-7H,3-5H2,1-2H3/t6-,7-/m1/s1. The van der Waals surface area contributed by atoms with Crippen molar-refractivity contribution in [1.82, 2.24) is 0 Å². The Bertz CT molecular complexity index is 55.1. The van der Waals surface area contributed by atoms with Gasteiger partial charge in [-0.2, -0.15) is 0 Å². The number of hydrogen-bond acceptors (Lipinski definition) is 0. The van der Waals surface area contributed by atoms with Crippen LogP contribution in [0.1, 0.15) is 33.1 Å². The Kier molecular flexibility index (Phi) is 1.36. The molecule has 0 aliphatic heterocycles. The molecule has 0 heteroatoms. The Hall–Kier alpha value is 0. The van der Waals surface area contributed by atoms with Crippen LogP contribution in [0.15, 0.2) is 0 Å². The average molecular weight is 98.2 g/mol. The van der Waals surface area contributed by atoms with Gasteiger partial charge in [0.05, 0.1) is 0 Å². The minimum atomic E-state index is 1.05. The van der Waals surface area contributed by atoms with Crippen LogP contribution in [0.4, 0.5) is 0 Å². The highest BCUT2D eigenvalue weighted by atomic mass is 14.3. The van der Waals surface area contributed by atoms with E-state index in [1.807, 2.05) is 0 Å². The molecule has 0 nitrogen and oxygen atoms in total. The van der Waals surface area contributed by atoms with E-state index in [4.69, 9.17) is 0 Å². The van der Waals surface area contributed by atoms with Crippen molar-refractivity contribution in [3.63, 3.8) is 0 Å². The SMILES string of the molecule is CC[C@@H]1CC[C@H]1C. The van der Waals surface area contributed by atoms with E-state index in [-0.39, 0.29) is 0 Å². The summed E-state index contributed by atoms with van der Waals surface area (Å²) < 4.78 is 0. The van der Waals surface area contributed by atoms with Gasteiger partial charge in [0.2, 0.25) is 0 Å². The van der Waals surface area contributed by atoms with E-state index >= 15 is 0 Å². The van der Waals surface area contributed by atoms with Crippen molar-refractivity contribution in [2.24, 2.45) is 11.8 Å². The third-order valence-corrected chi connectivity index (χ3v) is 2.32. The fraction of sp³-hybridized carbons (Fsp3) is 1.00. The number of rotatable bonds is 1. The fourth-order valence-corrected chi connectivity index (χ4v) is 1.34. The maximum atomic E-state index is 2.36. The van der Waals surface area contributed by atoms with Crippen LogP contribution in [0.3, 0.4) is 0 Å². The van der Waals surface area contributed by atoms with E-state index < -0.39 is 0 Å². The second-order valence-electron chi connectivity index (χ2n) is 2.72. The van der Waals surface area contributed by atoms with Gasteiger partial charge in [0.1, 0.15) is 0 Å².